The average Bonchev–Trinajstić information content (AvgIpc) is 3.32. The van der Waals surface area contributed by atoms with E-state index in [0.717, 1.165) is 97.3 Å². The molecule has 0 radical (unpaired) electrons. The highest BCUT2D eigenvalue weighted by molar-refractivity contribution is 5.89. The fourth-order valence-electron chi connectivity index (χ4n) is 7.88. The van der Waals surface area contributed by atoms with Crippen LogP contribution >= 0.6 is 0 Å². The Bertz CT molecular complexity index is 2860. The molecule has 0 unspecified atom stereocenters. The van der Waals surface area contributed by atoms with Gasteiger partial charge in [0.25, 0.3) is 0 Å². The van der Waals surface area contributed by atoms with E-state index in [9.17, 15) is 0 Å². The van der Waals surface area contributed by atoms with Crippen LogP contribution in [-0.4, -0.2) is 26.0 Å². The molecule has 61 heavy (non-hydrogen) atoms. The quantitative estimate of drug-likeness (QED) is 0.102. The van der Waals surface area contributed by atoms with Crippen LogP contribution in [0.1, 0.15) is 18.1 Å². The third kappa shape index (κ3) is 7.43. The van der Waals surface area contributed by atoms with Crippen LogP contribution in [0.4, 0.5) is 45.5 Å². The van der Waals surface area contributed by atoms with Gasteiger partial charge >= 0.3 is 0 Å². The van der Waals surface area contributed by atoms with Gasteiger partial charge in [-0.05, 0) is 126 Å². The second-order valence-electron chi connectivity index (χ2n) is 14.8. The van der Waals surface area contributed by atoms with E-state index < -0.39 is 0 Å². The third-order valence-electron chi connectivity index (χ3n) is 10.9. The van der Waals surface area contributed by atoms with Crippen molar-refractivity contribution < 1.29 is 9.47 Å². The molecule has 0 bridgehead atoms. The van der Waals surface area contributed by atoms with Gasteiger partial charge in [-0.1, -0.05) is 97.1 Å². The predicted octanol–water partition coefficient (Wildman–Crippen LogP) is 13.8. The van der Waals surface area contributed by atoms with Gasteiger partial charge < -0.3 is 19.3 Å². The summed E-state index contributed by atoms with van der Waals surface area (Å²) in [6.45, 7) is 2.93. The Morgan fingerprint density at radius 1 is 0.426 bits per heavy atom. The molecule has 0 atom stereocenters. The summed E-state index contributed by atoms with van der Waals surface area (Å²) in [5, 5.41) is 13.9. The lowest BCUT2D eigenvalue weighted by molar-refractivity contribution is 0.474. The van der Waals surface area contributed by atoms with Crippen molar-refractivity contribution in [2.24, 2.45) is 10.2 Å². The molecule has 0 aliphatic carbocycles. The highest BCUT2D eigenvalue weighted by atomic mass is 16.5. The molecular weight excluding hydrogens is 753 g/mol. The number of fused-ring (bicyclic) bond motifs is 4. The zero-order chi connectivity index (χ0) is 41.1. The molecule has 8 heteroatoms. The molecule has 2 aliphatic heterocycles. The zero-order valence-corrected chi connectivity index (χ0v) is 33.8. The first-order valence-corrected chi connectivity index (χ1v) is 20.4. The van der Waals surface area contributed by atoms with Gasteiger partial charge in [-0.25, -0.2) is 10.0 Å². The molecule has 2 aliphatic rings. The molecule has 296 valence electrons. The summed E-state index contributed by atoms with van der Waals surface area (Å²) in [5.41, 5.74) is 11.9. The van der Waals surface area contributed by atoms with Crippen molar-refractivity contribution in [3.63, 3.8) is 0 Å². The number of hydrogen-bond acceptors (Lipinski definition) is 8. The third-order valence-corrected chi connectivity index (χ3v) is 10.9. The van der Waals surface area contributed by atoms with Crippen LogP contribution < -0.4 is 29.3 Å². The van der Waals surface area contributed by atoms with Gasteiger partial charge in [0, 0.05) is 13.6 Å². The van der Waals surface area contributed by atoms with E-state index >= 15 is 0 Å². The predicted molar refractivity (Wildman–Crippen MR) is 251 cm³/mol. The topological polar surface area (TPSA) is 56.1 Å². The van der Waals surface area contributed by atoms with E-state index in [2.05, 4.69) is 139 Å². The largest absolute Gasteiger partial charge is 0.453 e. The minimum absolute atomic E-state index is 0.767. The van der Waals surface area contributed by atoms with Crippen molar-refractivity contribution in [1.82, 2.24) is 0 Å². The van der Waals surface area contributed by atoms with E-state index in [0.29, 0.717) is 0 Å². The number of nitrogens with zero attached hydrogens (tertiary/aromatic N) is 6. The van der Waals surface area contributed by atoms with Gasteiger partial charge in [0.15, 0.2) is 23.0 Å². The summed E-state index contributed by atoms with van der Waals surface area (Å²) < 4.78 is 12.9. The Balaban J connectivity index is 0.922. The van der Waals surface area contributed by atoms with Crippen molar-refractivity contribution in [1.29, 1.82) is 0 Å². The molecule has 0 aromatic heterocycles. The normalized spacial score (nSPS) is 12.6. The van der Waals surface area contributed by atoms with Crippen molar-refractivity contribution in [3.05, 3.63) is 205 Å². The molecule has 8 aromatic rings. The lowest BCUT2D eigenvalue weighted by atomic mass is 10.0. The van der Waals surface area contributed by atoms with Crippen molar-refractivity contribution >= 4 is 57.9 Å². The molecular formula is C53H42N6O2. The highest BCUT2D eigenvalue weighted by Crippen LogP contribution is 2.49. The second-order valence-corrected chi connectivity index (χ2v) is 14.8. The summed E-state index contributed by atoms with van der Waals surface area (Å²) in [7, 11) is 2.06. The number of hydrogen-bond donors (Lipinski definition) is 0. The summed E-state index contributed by atoms with van der Waals surface area (Å²) in [4.78, 5) is 4.46. The van der Waals surface area contributed by atoms with Gasteiger partial charge in [-0.3, -0.25) is 0 Å². The van der Waals surface area contributed by atoms with Gasteiger partial charge in [0.2, 0.25) is 0 Å². The minimum atomic E-state index is 0.767. The van der Waals surface area contributed by atoms with Crippen LogP contribution in [0.3, 0.4) is 0 Å². The Kier molecular flexibility index (Phi) is 9.92. The fourth-order valence-corrected chi connectivity index (χ4v) is 7.88. The number of anilines is 8. The van der Waals surface area contributed by atoms with Gasteiger partial charge in [0.05, 0.1) is 57.9 Å². The van der Waals surface area contributed by atoms with Gasteiger partial charge in [0.1, 0.15) is 0 Å². The Hall–Kier alpha value is -8.10. The lowest BCUT2D eigenvalue weighted by Crippen LogP contribution is -2.20. The monoisotopic (exact) mass is 794 g/mol. The summed E-state index contributed by atoms with van der Waals surface area (Å²) in [6.07, 6.45) is 3.77. The van der Waals surface area contributed by atoms with E-state index in [1.54, 1.807) is 0 Å². The van der Waals surface area contributed by atoms with E-state index in [-0.39, 0.29) is 0 Å². The maximum absolute atomic E-state index is 6.61. The molecule has 2 heterocycles. The zero-order valence-electron chi connectivity index (χ0n) is 33.8. The maximum Gasteiger partial charge on any atom is 0.151 e. The van der Waals surface area contributed by atoms with Crippen LogP contribution in [0.2, 0.25) is 0 Å². The van der Waals surface area contributed by atoms with Crippen molar-refractivity contribution in [3.8, 4) is 34.1 Å². The first-order valence-electron chi connectivity index (χ1n) is 20.4. The molecule has 0 spiro atoms. The van der Waals surface area contributed by atoms with E-state index in [4.69, 9.17) is 19.7 Å². The number of ether oxygens (including phenoxy) is 2. The lowest BCUT2D eigenvalue weighted by Gasteiger charge is -2.32. The number of hydrazone groups is 2. The van der Waals surface area contributed by atoms with Crippen LogP contribution in [-0.2, 0) is 0 Å². The summed E-state index contributed by atoms with van der Waals surface area (Å²) >= 11 is 0. The molecule has 10 rings (SSSR count). The molecule has 0 saturated carbocycles. The number of para-hydroxylation sites is 5. The summed E-state index contributed by atoms with van der Waals surface area (Å²) in [5.74, 6) is 3.22. The summed E-state index contributed by atoms with van der Waals surface area (Å²) in [6, 6.07) is 66.0. The van der Waals surface area contributed by atoms with E-state index in [1.807, 2.05) is 101 Å². The fraction of sp³-hybridized carbons (Fsp3) is 0.0566. The number of benzene rings is 8. The van der Waals surface area contributed by atoms with Crippen LogP contribution in [0, 0.1) is 0 Å². The van der Waals surface area contributed by atoms with Gasteiger partial charge in [-0.2, -0.15) is 10.2 Å². The standard InChI is InChI=1S/C53H42N6O2/c1-3-57-48-30-27-39(36-54-58(42-17-7-4-8-18-42)43-19-9-5-10-20-43)33-53(48)61-51-31-28-41(35-49(51)57)40-16-15-23-45(34-40)59(44-21-11-6-12-22-44)55-37-38-26-29-47-52(32-38)60-50-25-14-13-24-46(50)56(47)2/h4-37H,3H2,1-2H3. The van der Waals surface area contributed by atoms with E-state index in [1.165, 1.54) is 0 Å². The van der Waals surface area contributed by atoms with Crippen molar-refractivity contribution in [2.45, 2.75) is 6.92 Å². The Morgan fingerprint density at radius 3 is 1.54 bits per heavy atom. The van der Waals surface area contributed by atoms with Crippen LogP contribution in [0.25, 0.3) is 11.1 Å². The molecule has 0 saturated heterocycles. The number of rotatable bonds is 10. The smallest absolute Gasteiger partial charge is 0.151 e. The van der Waals surface area contributed by atoms with Crippen LogP contribution in [0.15, 0.2) is 204 Å². The maximum atomic E-state index is 6.61. The molecule has 0 amide bonds. The molecule has 8 nitrogen and oxygen atoms in total. The molecule has 0 fully saturated rings. The SMILES string of the molecule is CCN1c2ccc(C=NN(c3ccccc3)c3ccccc3)cc2Oc2ccc(-c3cccc(N(N=Cc4ccc5c(c4)Oc4ccccc4N5C)c4ccccc4)c3)cc21. The molecule has 8 aromatic carbocycles. The minimum Gasteiger partial charge on any atom is -0.453 e. The Morgan fingerprint density at radius 2 is 0.918 bits per heavy atom. The average molecular weight is 795 g/mol. The first-order chi connectivity index (χ1) is 30.1. The van der Waals surface area contributed by atoms with Gasteiger partial charge in [-0.15, -0.1) is 0 Å². The van der Waals surface area contributed by atoms with Crippen LogP contribution in [0.5, 0.6) is 23.0 Å². The first kappa shape index (κ1) is 37.2. The highest BCUT2D eigenvalue weighted by Gasteiger charge is 2.25. The second kappa shape index (κ2) is 16.3. The Labute approximate surface area is 356 Å². The molecule has 0 N–H and O–H groups in total. The van der Waals surface area contributed by atoms with Crippen molar-refractivity contribution in [2.75, 3.05) is 33.4 Å².